The maximum atomic E-state index is 5.17. The number of nitrogens with one attached hydrogen (secondary N) is 1. The number of nitrogens with zero attached hydrogens (tertiary/aromatic N) is 4. The minimum atomic E-state index is 0.466. The molecule has 23 heavy (non-hydrogen) atoms. The van der Waals surface area contributed by atoms with E-state index in [-0.39, 0.29) is 0 Å². The minimum Gasteiger partial charge on any atom is -0.378 e. The fraction of sp³-hybridized carbons (Fsp3) is 0.353. The molecule has 0 bridgehead atoms. The number of fused-ring (bicyclic) bond motifs is 1. The number of ether oxygens (including phenoxy) is 1. The van der Waals surface area contributed by atoms with Crippen LogP contribution in [0.15, 0.2) is 42.7 Å². The number of methoxy groups -OCH3 is 1. The highest BCUT2D eigenvalue weighted by Crippen LogP contribution is 2.47. The summed E-state index contributed by atoms with van der Waals surface area (Å²) >= 11 is 0. The second-order valence-corrected chi connectivity index (χ2v) is 5.93. The van der Waals surface area contributed by atoms with Crippen LogP contribution in [-0.4, -0.2) is 33.2 Å². The topological polar surface area (TPSA) is 64.3 Å². The molecule has 2 aromatic heterocycles. The molecule has 1 aromatic carbocycles. The van der Waals surface area contributed by atoms with Crippen LogP contribution in [0.2, 0.25) is 0 Å². The van der Waals surface area contributed by atoms with Crippen molar-refractivity contribution in [1.82, 2.24) is 19.6 Å². The van der Waals surface area contributed by atoms with Crippen LogP contribution in [0.5, 0.6) is 0 Å². The molecule has 0 unspecified atom stereocenters. The lowest BCUT2D eigenvalue weighted by atomic mass is 10.1. The van der Waals surface area contributed by atoms with Gasteiger partial charge in [-0.05, 0) is 23.8 Å². The van der Waals surface area contributed by atoms with Gasteiger partial charge in [-0.25, -0.2) is 4.98 Å². The molecule has 0 saturated heterocycles. The van der Waals surface area contributed by atoms with Crippen molar-refractivity contribution in [2.45, 2.75) is 18.9 Å². The first-order valence-corrected chi connectivity index (χ1v) is 7.82. The van der Waals surface area contributed by atoms with E-state index in [1.807, 2.05) is 6.07 Å². The molecule has 1 N–H and O–H groups in total. The van der Waals surface area contributed by atoms with Crippen molar-refractivity contribution >= 4 is 11.6 Å². The van der Waals surface area contributed by atoms with Gasteiger partial charge in [-0.1, -0.05) is 30.3 Å². The molecule has 2 heterocycles. The molecular formula is C17H19N5O. The summed E-state index contributed by atoms with van der Waals surface area (Å²) in [6.07, 6.45) is 2.75. The third kappa shape index (κ3) is 2.90. The summed E-state index contributed by atoms with van der Waals surface area (Å²) in [6.45, 7) is 1.39. The van der Waals surface area contributed by atoms with E-state index < -0.39 is 0 Å². The van der Waals surface area contributed by atoms with Crippen molar-refractivity contribution < 1.29 is 4.74 Å². The Hall–Kier alpha value is -2.47. The van der Waals surface area contributed by atoms with E-state index in [9.17, 15) is 0 Å². The molecule has 0 radical (unpaired) electrons. The maximum Gasteiger partial charge on any atom is 0.254 e. The van der Waals surface area contributed by atoms with Gasteiger partial charge >= 0.3 is 0 Å². The van der Waals surface area contributed by atoms with E-state index in [0.717, 1.165) is 18.1 Å². The highest BCUT2D eigenvalue weighted by Gasteiger charge is 2.37. The van der Waals surface area contributed by atoms with Crippen LogP contribution < -0.4 is 5.32 Å². The fourth-order valence-corrected chi connectivity index (χ4v) is 3.03. The molecular weight excluding hydrogens is 290 g/mol. The van der Waals surface area contributed by atoms with Crippen LogP contribution in [0.25, 0.3) is 5.78 Å². The van der Waals surface area contributed by atoms with Crippen molar-refractivity contribution in [3.8, 4) is 0 Å². The Morgan fingerprint density at radius 1 is 1.30 bits per heavy atom. The van der Waals surface area contributed by atoms with Gasteiger partial charge in [0.2, 0.25) is 0 Å². The van der Waals surface area contributed by atoms with Gasteiger partial charge in [0.05, 0.1) is 12.3 Å². The Bertz CT molecular complexity index is 801. The van der Waals surface area contributed by atoms with Crippen LogP contribution in [0, 0.1) is 5.92 Å². The number of anilines is 1. The van der Waals surface area contributed by atoms with Crippen molar-refractivity contribution in [3.05, 3.63) is 54.0 Å². The Labute approximate surface area is 134 Å². The largest absolute Gasteiger partial charge is 0.378 e. The Kier molecular flexibility index (Phi) is 3.67. The minimum absolute atomic E-state index is 0.466. The summed E-state index contributed by atoms with van der Waals surface area (Å²) in [5.41, 5.74) is 2.28. The van der Waals surface area contributed by atoms with Gasteiger partial charge in [-0.3, -0.25) is 0 Å². The van der Waals surface area contributed by atoms with Crippen molar-refractivity contribution in [3.63, 3.8) is 0 Å². The normalized spacial score (nSPS) is 19.9. The number of hydrogen-bond acceptors (Lipinski definition) is 5. The predicted molar refractivity (Wildman–Crippen MR) is 87.3 cm³/mol. The summed E-state index contributed by atoms with van der Waals surface area (Å²) in [5, 5.41) is 7.73. The Morgan fingerprint density at radius 3 is 3.00 bits per heavy atom. The Balaban J connectivity index is 1.47. The van der Waals surface area contributed by atoms with Crippen LogP contribution in [0.3, 0.4) is 0 Å². The smallest absolute Gasteiger partial charge is 0.254 e. The fourth-order valence-electron chi connectivity index (χ4n) is 3.03. The zero-order chi connectivity index (χ0) is 15.6. The van der Waals surface area contributed by atoms with E-state index in [0.29, 0.717) is 24.2 Å². The lowest BCUT2D eigenvalue weighted by molar-refractivity contribution is 0.181. The average Bonchev–Trinajstić information content (AvgIpc) is 3.21. The molecule has 1 aliphatic rings. The third-order valence-corrected chi connectivity index (χ3v) is 4.29. The van der Waals surface area contributed by atoms with E-state index in [1.165, 1.54) is 18.3 Å². The highest BCUT2D eigenvalue weighted by atomic mass is 16.5. The zero-order valence-electron chi connectivity index (χ0n) is 13.0. The number of benzene rings is 1. The van der Waals surface area contributed by atoms with E-state index >= 15 is 0 Å². The molecule has 118 valence electrons. The standard InChI is InChI=1S/C17H19N5O/c1-23-10-14-8-16(22-17(21-14)19-11-20-22)18-9-13-7-15(13)12-5-3-2-4-6-12/h2-6,8,11,13,15,18H,7,9-10H2,1H3/t13-,15-/m0/s1. The quantitative estimate of drug-likeness (QED) is 0.758. The van der Waals surface area contributed by atoms with Crippen LogP contribution in [-0.2, 0) is 11.3 Å². The van der Waals surface area contributed by atoms with Crippen LogP contribution >= 0.6 is 0 Å². The van der Waals surface area contributed by atoms with E-state index in [4.69, 9.17) is 4.74 Å². The first-order chi connectivity index (χ1) is 11.3. The third-order valence-electron chi connectivity index (χ3n) is 4.29. The van der Waals surface area contributed by atoms with Crippen molar-refractivity contribution in [1.29, 1.82) is 0 Å². The van der Waals surface area contributed by atoms with Crippen molar-refractivity contribution in [2.24, 2.45) is 5.92 Å². The summed E-state index contributed by atoms with van der Waals surface area (Å²) in [5.74, 6) is 2.83. The molecule has 2 atom stereocenters. The molecule has 1 saturated carbocycles. The average molecular weight is 309 g/mol. The summed E-state index contributed by atoms with van der Waals surface area (Å²) < 4.78 is 6.91. The van der Waals surface area contributed by atoms with Gasteiger partial charge in [0.15, 0.2) is 0 Å². The number of rotatable bonds is 6. The van der Waals surface area contributed by atoms with E-state index in [1.54, 1.807) is 11.6 Å². The lowest BCUT2D eigenvalue weighted by Crippen LogP contribution is -2.11. The summed E-state index contributed by atoms with van der Waals surface area (Å²) in [4.78, 5) is 8.59. The maximum absolute atomic E-state index is 5.17. The summed E-state index contributed by atoms with van der Waals surface area (Å²) in [7, 11) is 1.66. The molecule has 0 amide bonds. The van der Waals surface area contributed by atoms with Gasteiger partial charge in [0, 0.05) is 19.7 Å². The molecule has 3 aromatic rings. The lowest BCUT2D eigenvalue weighted by Gasteiger charge is -2.09. The molecule has 0 aliphatic heterocycles. The summed E-state index contributed by atoms with van der Waals surface area (Å²) in [6, 6.07) is 12.7. The van der Waals surface area contributed by atoms with Gasteiger partial charge in [0.1, 0.15) is 12.1 Å². The predicted octanol–water partition coefficient (Wildman–Crippen LogP) is 2.49. The van der Waals surface area contributed by atoms with Gasteiger partial charge in [-0.15, -0.1) is 0 Å². The first-order valence-electron chi connectivity index (χ1n) is 7.82. The molecule has 6 nitrogen and oxygen atoms in total. The molecule has 4 rings (SSSR count). The Morgan fingerprint density at radius 2 is 2.17 bits per heavy atom. The van der Waals surface area contributed by atoms with Crippen LogP contribution in [0.1, 0.15) is 23.6 Å². The first kappa shape index (κ1) is 14.1. The second-order valence-electron chi connectivity index (χ2n) is 5.93. The van der Waals surface area contributed by atoms with Gasteiger partial charge in [-0.2, -0.15) is 14.6 Å². The van der Waals surface area contributed by atoms with Gasteiger partial charge in [0.25, 0.3) is 5.78 Å². The molecule has 1 aliphatic carbocycles. The number of aromatic nitrogens is 4. The second kappa shape index (κ2) is 5.96. The molecule has 6 heteroatoms. The molecule has 0 spiro atoms. The molecule has 1 fully saturated rings. The SMILES string of the molecule is COCc1cc(NC[C@@H]2C[C@H]2c2ccccc2)n2ncnc2n1. The zero-order valence-corrected chi connectivity index (χ0v) is 13.0. The van der Waals surface area contributed by atoms with Crippen molar-refractivity contribution in [2.75, 3.05) is 19.0 Å². The van der Waals surface area contributed by atoms with Crippen LogP contribution in [0.4, 0.5) is 5.82 Å². The van der Waals surface area contributed by atoms with Gasteiger partial charge < -0.3 is 10.1 Å². The highest BCUT2D eigenvalue weighted by molar-refractivity contribution is 5.45. The number of hydrogen-bond donors (Lipinski definition) is 1. The monoisotopic (exact) mass is 309 g/mol. The van der Waals surface area contributed by atoms with E-state index in [2.05, 4.69) is 50.7 Å².